The van der Waals surface area contributed by atoms with Crippen LogP contribution in [0.25, 0.3) is 32.7 Å². The van der Waals surface area contributed by atoms with Gasteiger partial charge in [-0.15, -0.1) is 23.4 Å². The van der Waals surface area contributed by atoms with E-state index in [0.29, 0.717) is 37.7 Å². The molecule has 3 aromatic carbocycles. The highest BCUT2D eigenvalue weighted by Crippen LogP contribution is 2.33. The van der Waals surface area contributed by atoms with Crippen molar-refractivity contribution < 1.29 is 27.1 Å². The molecule has 1 amide bonds. The van der Waals surface area contributed by atoms with Gasteiger partial charge < -0.3 is 10.5 Å². The number of carbonyl (C=O) groups excluding carboxylic acids is 1. The summed E-state index contributed by atoms with van der Waals surface area (Å²) in [7, 11) is 0. The first-order valence-corrected chi connectivity index (χ1v) is 11.9. The van der Waals surface area contributed by atoms with Gasteiger partial charge in [0.2, 0.25) is 0 Å². The summed E-state index contributed by atoms with van der Waals surface area (Å²) >= 11 is 1.17. The van der Waals surface area contributed by atoms with E-state index in [1.165, 1.54) is 42.5 Å². The number of primary amides is 1. The van der Waals surface area contributed by atoms with E-state index in [0.717, 1.165) is 0 Å². The Morgan fingerprint density at radius 1 is 1.00 bits per heavy atom. The van der Waals surface area contributed by atoms with Crippen LogP contribution in [-0.4, -0.2) is 32.4 Å². The smallest absolute Gasteiger partial charge is 0.406 e. The van der Waals surface area contributed by atoms with Crippen molar-refractivity contribution >= 4 is 28.3 Å². The number of aromatic nitrogens is 4. The van der Waals surface area contributed by atoms with Crippen LogP contribution in [0.15, 0.2) is 60.7 Å². The maximum atomic E-state index is 14.6. The minimum Gasteiger partial charge on any atom is -0.406 e. The largest absolute Gasteiger partial charge is 0.573 e. The molecule has 0 saturated heterocycles. The Kier molecular flexibility index (Phi) is 6.49. The average Bonchev–Trinajstić information content (AvgIpc) is 3.32. The Balaban J connectivity index is 1.51. The van der Waals surface area contributed by atoms with Crippen LogP contribution >= 0.6 is 11.3 Å². The third-order valence-corrected chi connectivity index (χ3v) is 6.57. The lowest BCUT2D eigenvalue weighted by Gasteiger charge is -2.11. The maximum absolute atomic E-state index is 14.6. The van der Waals surface area contributed by atoms with E-state index in [2.05, 4.69) is 24.9 Å². The van der Waals surface area contributed by atoms with E-state index in [9.17, 15) is 22.4 Å². The Morgan fingerprint density at radius 3 is 2.47 bits per heavy atom. The standard InChI is InChI=1S/C26H17F4N5O2S/c1-13-11-14(9-10-20(13)37-26(28,29)30)25-35-34-21(38-25)12-19-23(24(31)36)32-18-8-4-6-16(22(18)33-19)15-5-2-3-7-17(15)27/h2-11H,12H2,1H3,(H2,31,36). The number of benzene rings is 3. The van der Waals surface area contributed by atoms with Crippen molar-refractivity contribution in [3.05, 3.63) is 88.4 Å². The molecule has 2 N–H and O–H groups in total. The second kappa shape index (κ2) is 9.78. The molecule has 0 aliphatic rings. The number of ether oxygens (including phenoxy) is 1. The topological polar surface area (TPSA) is 104 Å². The van der Waals surface area contributed by atoms with Crippen molar-refractivity contribution in [1.82, 2.24) is 20.2 Å². The number of aryl methyl sites for hydroxylation is 1. The fourth-order valence-corrected chi connectivity index (χ4v) is 4.78. The molecule has 0 spiro atoms. The van der Waals surface area contributed by atoms with Crippen LogP contribution in [0.5, 0.6) is 5.75 Å². The summed E-state index contributed by atoms with van der Waals surface area (Å²) in [5, 5.41) is 9.20. The summed E-state index contributed by atoms with van der Waals surface area (Å²) in [6.45, 7) is 1.49. The summed E-state index contributed by atoms with van der Waals surface area (Å²) in [6, 6.07) is 15.5. The first-order chi connectivity index (χ1) is 18.1. The van der Waals surface area contributed by atoms with E-state index >= 15 is 0 Å². The second-order valence-corrected chi connectivity index (χ2v) is 9.30. The number of rotatable bonds is 6. The summed E-state index contributed by atoms with van der Waals surface area (Å²) in [5.74, 6) is -1.53. The third kappa shape index (κ3) is 5.16. The van der Waals surface area contributed by atoms with Gasteiger partial charge >= 0.3 is 6.36 Å². The SMILES string of the molecule is Cc1cc(-c2nnc(Cc3nc4c(-c5ccccc5F)cccc4nc3C(N)=O)s2)ccc1OC(F)(F)F. The minimum atomic E-state index is -4.80. The molecule has 0 fully saturated rings. The van der Waals surface area contributed by atoms with E-state index in [1.54, 1.807) is 36.4 Å². The normalized spacial score (nSPS) is 11.6. The molecular formula is C26H17F4N5O2S. The van der Waals surface area contributed by atoms with Crippen molar-refractivity contribution in [2.45, 2.75) is 19.7 Å². The van der Waals surface area contributed by atoms with Crippen molar-refractivity contribution in [2.24, 2.45) is 5.73 Å². The fraction of sp³-hybridized carbons (Fsp3) is 0.115. The summed E-state index contributed by atoms with van der Waals surface area (Å²) in [6.07, 6.45) is -4.74. The predicted octanol–water partition coefficient (Wildman–Crippen LogP) is 5.85. The van der Waals surface area contributed by atoms with Crippen LogP contribution in [0, 0.1) is 12.7 Å². The highest BCUT2D eigenvalue weighted by molar-refractivity contribution is 7.14. The van der Waals surface area contributed by atoms with E-state index in [1.807, 2.05) is 0 Å². The number of alkyl halides is 3. The fourth-order valence-electron chi connectivity index (χ4n) is 3.94. The Labute approximate surface area is 217 Å². The number of fused-ring (bicyclic) bond motifs is 1. The van der Waals surface area contributed by atoms with Gasteiger partial charge in [-0.2, -0.15) is 0 Å². The van der Waals surface area contributed by atoms with Gasteiger partial charge in [0, 0.05) is 23.1 Å². The minimum absolute atomic E-state index is 0.0515. The number of hydrogen-bond donors (Lipinski definition) is 1. The monoisotopic (exact) mass is 539 g/mol. The molecule has 0 aliphatic heterocycles. The molecule has 7 nitrogen and oxygen atoms in total. The van der Waals surface area contributed by atoms with E-state index in [4.69, 9.17) is 5.73 Å². The number of nitrogens with zero attached hydrogens (tertiary/aromatic N) is 4. The highest BCUT2D eigenvalue weighted by atomic mass is 32.1. The van der Waals surface area contributed by atoms with E-state index < -0.39 is 18.1 Å². The van der Waals surface area contributed by atoms with Crippen LogP contribution in [0.1, 0.15) is 26.8 Å². The van der Waals surface area contributed by atoms with Gasteiger partial charge in [0.1, 0.15) is 21.6 Å². The molecule has 38 heavy (non-hydrogen) atoms. The zero-order chi connectivity index (χ0) is 27.0. The number of para-hydroxylation sites is 1. The first kappa shape index (κ1) is 25.2. The van der Waals surface area contributed by atoms with Gasteiger partial charge in [-0.1, -0.05) is 41.7 Å². The van der Waals surface area contributed by atoms with Crippen LogP contribution in [0.4, 0.5) is 17.6 Å². The third-order valence-electron chi connectivity index (χ3n) is 5.60. The molecule has 2 aromatic heterocycles. The van der Waals surface area contributed by atoms with Gasteiger partial charge in [0.25, 0.3) is 5.91 Å². The van der Waals surface area contributed by atoms with Crippen molar-refractivity contribution in [3.8, 4) is 27.4 Å². The number of halogens is 4. The zero-order valence-corrected chi connectivity index (χ0v) is 20.4. The summed E-state index contributed by atoms with van der Waals surface area (Å²) in [4.78, 5) is 21.2. The lowest BCUT2D eigenvalue weighted by atomic mass is 10.0. The number of hydrogen-bond acceptors (Lipinski definition) is 7. The van der Waals surface area contributed by atoms with Gasteiger partial charge in [0.15, 0.2) is 5.69 Å². The van der Waals surface area contributed by atoms with Gasteiger partial charge in [-0.3, -0.25) is 4.79 Å². The Morgan fingerprint density at radius 2 is 1.76 bits per heavy atom. The van der Waals surface area contributed by atoms with Gasteiger partial charge in [-0.25, -0.2) is 14.4 Å². The van der Waals surface area contributed by atoms with Crippen molar-refractivity contribution in [3.63, 3.8) is 0 Å². The van der Waals surface area contributed by atoms with Crippen molar-refractivity contribution in [1.29, 1.82) is 0 Å². The molecule has 2 heterocycles. The first-order valence-electron chi connectivity index (χ1n) is 11.1. The molecule has 0 bridgehead atoms. The molecular weight excluding hydrogens is 522 g/mol. The second-order valence-electron chi connectivity index (χ2n) is 8.24. The maximum Gasteiger partial charge on any atom is 0.573 e. The summed E-state index contributed by atoms with van der Waals surface area (Å²) in [5.41, 5.74) is 8.17. The number of carbonyl (C=O) groups is 1. The number of nitrogens with two attached hydrogens (primary N) is 1. The molecule has 12 heteroatoms. The number of amides is 1. The Hall–Kier alpha value is -4.45. The summed E-state index contributed by atoms with van der Waals surface area (Å²) < 4.78 is 56.3. The lowest BCUT2D eigenvalue weighted by molar-refractivity contribution is -0.274. The predicted molar refractivity (Wildman–Crippen MR) is 133 cm³/mol. The van der Waals surface area contributed by atoms with E-state index in [-0.39, 0.29) is 29.1 Å². The van der Waals surface area contributed by atoms with Crippen LogP contribution < -0.4 is 10.5 Å². The quantitative estimate of drug-likeness (QED) is 0.272. The van der Waals surface area contributed by atoms with Gasteiger partial charge in [-0.05, 0) is 42.8 Å². The molecule has 5 aromatic rings. The molecule has 0 saturated carbocycles. The van der Waals surface area contributed by atoms with Crippen LogP contribution in [0.2, 0.25) is 0 Å². The zero-order valence-electron chi connectivity index (χ0n) is 19.6. The van der Waals surface area contributed by atoms with Crippen molar-refractivity contribution in [2.75, 3.05) is 0 Å². The van der Waals surface area contributed by atoms with Gasteiger partial charge in [0.05, 0.1) is 16.7 Å². The molecule has 0 atom stereocenters. The molecule has 192 valence electrons. The molecule has 5 rings (SSSR count). The Bertz CT molecular complexity index is 1690. The molecule has 0 aliphatic carbocycles. The average molecular weight is 540 g/mol. The highest BCUT2D eigenvalue weighted by Gasteiger charge is 2.31. The van der Waals surface area contributed by atoms with Crippen LogP contribution in [0.3, 0.4) is 0 Å². The molecule has 0 radical (unpaired) electrons. The van der Waals surface area contributed by atoms with Crippen LogP contribution in [-0.2, 0) is 6.42 Å². The lowest BCUT2D eigenvalue weighted by Crippen LogP contribution is -2.17. The molecule has 0 unspecified atom stereocenters.